The molecule has 0 spiro atoms. The first-order chi connectivity index (χ1) is 19.4. The molecule has 0 aromatic heterocycles. The molecule has 8 nitrogen and oxygen atoms in total. The van der Waals surface area contributed by atoms with Crippen LogP contribution in [0.3, 0.4) is 0 Å². The second-order valence-electron chi connectivity index (χ2n) is 13.5. The summed E-state index contributed by atoms with van der Waals surface area (Å²) in [4.78, 5) is 19.7. The fraction of sp³-hybridized carbons (Fsp3) is 0.906. The van der Waals surface area contributed by atoms with Crippen molar-refractivity contribution in [3.63, 3.8) is 0 Å². The summed E-state index contributed by atoms with van der Waals surface area (Å²) < 4.78 is 0. The normalized spacial score (nSPS) is 41.1. The minimum Gasteiger partial charge on any atom is -0.396 e. The summed E-state index contributed by atoms with van der Waals surface area (Å²) in [5, 5.41) is 39.2. The zero-order valence-electron chi connectivity index (χ0n) is 24.5. The van der Waals surface area contributed by atoms with E-state index in [-0.39, 0.29) is 18.6 Å². The number of carbonyl (C=O) groups excluding carboxylic acids is 1. The number of fused-ring (bicyclic) bond motifs is 1. The molecule has 40 heavy (non-hydrogen) atoms. The molecule has 0 bridgehead atoms. The van der Waals surface area contributed by atoms with Gasteiger partial charge in [-0.2, -0.15) is 5.06 Å². The van der Waals surface area contributed by atoms with Crippen molar-refractivity contribution in [2.75, 3.05) is 26.2 Å². The van der Waals surface area contributed by atoms with Crippen LogP contribution in [0, 0.1) is 47.3 Å². The molecule has 0 aromatic carbocycles. The predicted octanol–water partition coefficient (Wildman–Crippen LogP) is 2.61. The lowest BCUT2D eigenvalue weighted by atomic mass is 9.79. The maximum absolute atomic E-state index is 13.5. The summed E-state index contributed by atoms with van der Waals surface area (Å²) in [6, 6.07) is 0.0592. The molecule has 2 saturated heterocycles. The van der Waals surface area contributed by atoms with Crippen molar-refractivity contribution in [1.82, 2.24) is 15.7 Å². The van der Waals surface area contributed by atoms with Crippen LogP contribution in [0.5, 0.6) is 0 Å². The number of carbonyl (C=O) groups is 1. The Kier molecular flexibility index (Phi) is 10.8. The van der Waals surface area contributed by atoms with Gasteiger partial charge in [-0.05, 0) is 102 Å². The van der Waals surface area contributed by atoms with Crippen molar-refractivity contribution in [2.45, 2.75) is 121 Å². The van der Waals surface area contributed by atoms with E-state index in [0.29, 0.717) is 42.8 Å². The number of aliphatic hydroxyl groups is 3. The molecule has 3 aliphatic carbocycles. The molecule has 0 aromatic rings. The van der Waals surface area contributed by atoms with E-state index in [4.69, 9.17) is 4.84 Å². The molecule has 1 amide bonds. The zero-order chi connectivity index (χ0) is 28.1. The van der Waals surface area contributed by atoms with Gasteiger partial charge in [0.15, 0.2) is 0 Å². The van der Waals surface area contributed by atoms with E-state index in [1.54, 1.807) is 12.0 Å². The highest BCUT2D eigenvalue weighted by Crippen LogP contribution is 2.37. The van der Waals surface area contributed by atoms with E-state index in [9.17, 15) is 20.1 Å². The summed E-state index contributed by atoms with van der Waals surface area (Å²) >= 11 is 0. The van der Waals surface area contributed by atoms with Gasteiger partial charge in [0.2, 0.25) is 5.91 Å². The number of nitrogens with zero attached hydrogens (tertiary/aromatic N) is 1. The quantitative estimate of drug-likeness (QED) is 0.291. The average molecular weight is 560 g/mol. The van der Waals surface area contributed by atoms with Crippen molar-refractivity contribution in [3.05, 3.63) is 0 Å². The van der Waals surface area contributed by atoms with Crippen LogP contribution in [0.4, 0.5) is 0 Å². The summed E-state index contributed by atoms with van der Waals surface area (Å²) in [6.07, 6.45) is 12.7. The Morgan fingerprint density at radius 1 is 1.05 bits per heavy atom. The molecular weight excluding hydrogens is 506 g/mol. The van der Waals surface area contributed by atoms with Crippen LogP contribution in [0.15, 0.2) is 0 Å². The fourth-order valence-electron chi connectivity index (χ4n) is 8.33. The van der Waals surface area contributed by atoms with Crippen LogP contribution >= 0.6 is 0 Å². The second-order valence-corrected chi connectivity index (χ2v) is 13.5. The van der Waals surface area contributed by atoms with Gasteiger partial charge in [-0.3, -0.25) is 9.63 Å². The van der Waals surface area contributed by atoms with Crippen molar-refractivity contribution in [1.29, 1.82) is 0 Å². The number of hydrogen-bond acceptors (Lipinski definition) is 7. The average Bonchev–Trinajstić information content (AvgIpc) is 3.54. The molecule has 3 saturated carbocycles. The molecule has 5 aliphatic rings. The first-order valence-electron chi connectivity index (χ1n) is 16.4. The summed E-state index contributed by atoms with van der Waals surface area (Å²) in [5.74, 6) is 8.90. The molecule has 5 unspecified atom stereocenters. The SMILES string of the molecule is C[C@@H](O)[C@H]1ON(CC2CCC(C#CC3CCCC(O)C3)CC2)[C@@H](C(=O)NCCC2CNC3CCCCC23)[C@H]1CO. The lowest BCUT2D eigenvalue weighted by Gasteiger charge is -2.32. The minimum atomic E-state index is -0.769. The standard InChI is InChI=1S/C32H53N3O5/c1-21(37)31-28(20-36)30(32(39)33-16-15-25-18-34-29-8-3-2-7-27(25)29)35(40-31)19-24-13-10-22(11-14-24)9-12-23-5-4-6-26(38)17-23/h21-31,34,36-38H,2-8,10-11,13-20H2,1H3,(H,33,39)/t21-,22?,23?,24?,25?,26?,27?,28-,29?,30-,31-/m1/s1. The van der Waals surface area contributed by atoms with Crippen LogP contribution < -0.4 is 10.6 Å². The van der Waals surface area contributed by atoms with E-state index < -0.39 is 24.2 Å². The van der Waals surface area contributed by atoms with Gasteiger partial charge in [-0.25, -0.2) is 0 Å². The Balaban J connectivity index is 1.13. The second kappa shape index (κ2) is 14.3. The number of rotatable bonds is 8. The van der Waals surface area contributed by atoms with E-state index in [2.05, 4.69) is 22.5 Å². The Hall–Kier alpha value is -1.21. The van der Waals surface area contributed by atoms with Crippen LogP contribution in [0.25, 0.3) is 0 Å². The number of amides is 1. The van der Waals surface area contributed by atoms with E-state index in [1.807, 2.05) is 0 Å². The first kappa shape index (κ1) is 30.3. The van der Waals surface area contributed by atoms with Gasteiger partial charge in [0, 0.05) is 36.9 Å². The molecule has 8 heteroatoms. The topological polar surface area (TPSA) is 114 Å². The molecule has 226 valence electrons. The van der Waals surface area contributed by atoms with E-state index in [1.165, 1.54) is 25.7 Å². The lowest BCUT2D eigenvalue weighted by molar-refractivity contribution is -0.193. The monoisotopic (exact) mass is 559 g/mol. The summed E-state index contributed by atoms with van der Waals surface area (Å²) in [6.45, 7) is 3.79. The van der Waals surface area contributed by atoms with Gasteiger partial charge in [0.05, 0.1) is 18.8 Å². The highest BCUT2D eigenvalue weighted by atomic mass is 16.7. The van der Waals surface area contributed by atoms with Gasteiger partial charge in [-0.1, -0.05) is 24.7 Å². The highest BCUT2D eigenvalue weighted by Gasteiger charge is 2.49. The summed E-state index contributed by atoms with van der Waals surface area (Å²) in [7, 11) is 0. The minimum absolute atomic E-state index is 0.0948. The van der Waals surface area contributed by atoms with Gasteiger partial charge >= 0.3 is 0 Å². The van der Waals surface area contributed by atoms with Crippen molar-refractivity contribution in [2.24, 2.45) is 35.5 Å². The largest absolute Gasteiger partial charge is 0.396 e. The van der Waals surface area contributed by atoms with Gasteiger partial charge in [-0.15, -0.1) is 0 Å². The first-order valence-corrected chi connectivity index (χ1v) is 16.4. The van der Waals surface area contributed by atoms with Crippen LogP contribution in [0.2, 0.25) is 0 Å². The molecule has 9 atom stereocenters. The Labute approximate surface area is 240 Å². The molecule has 5 fully saturated rings. The van der Waals surface area contributed by atoms with E-state index in [0.717, 1.165) is 70.3 Å². The van der Waals surface area contributed by atoms with E-state index >= 15 is 0 Å². The maximum Gasteiger partial charge on any atom is 0.240 e. The van der Waals surface area contributed by atoms with Crippen molar-refractivity contribution in [3.8, 4) is 11.8 Å². The van der Waals surface area contributed by atoms with Crippen LogP contribution in [-0.2, 0) is 9.63 Å². The van der Waals surface area contributed by atoms with Crippen LogP contribution in [0.1, 0.15) is 90.4 Å². The molecular formula is C32H53N3O5. The number of aliphatic hydroxyl groups excluding tert-OH is 3. The third kappa shape index (κ3) is 7.40. The third-order valence-electron chi connectivity index (χ3n) is 10.7. The Morgan fingerprint density at radius 2 is 1.82 bits per heavy atom. The molecule has 0 radical (unpaired) electrons. The van der Waals surface area contributed by atoms with Gasteiger partial charge < -0.3 is 26.0 Å². The van der Waals surface area contributed by atoms with Crippen molar-refractivity contribution < 1.29 is 25.0 Å². The maximum atomic E-state index is 13.5. The smallest absolute Gasteiger partial charge is 0.240 e. The highest BCUT2D eigenvalue weighted by molar-refractivity contribution is 5.82. The molecule has 2 aliphatic heterocycles. The van der Waals surface area contributed by atoms with Crippen molar-refractivity contribution >= 4 is 5.91 Å². The predicted molar refractivity (Wildman–Crippen MR) is 154 cm³/mol. The number of hydrogen-bond donors (Lipinski definition) is 5. The Bertz CT molecular complexity index is 882. The van der Waals surface area contributed by atoms with Crippen LogP contribution in [-0.4, -0.2) is 82.9 Å². The fourth-order valence-corrected chi connectivity index (χ4v) is 8.33. The Morgan fingerprint density at radius 3 is 2.58 bits per heavy atom. The van der Waals surface area contributed by atoms with Gasteiger partial charge in [0.25, 0.3) is 0 Å². The molecule has 2 heterocycles. The third-order valence-corrected chi connectivity index (χ3v) is 10.7. The zero-order valence-corrected chi connectivity index (χ0v) is 24.5. The lowest BCUT2D eigenvalue weighted by Crippen LogP contribution is -2.49. The number of nitrogens with one attached hydrogen (secondary N) is 2. The number of hydroxylamine groups is 2. The summed E-state index contributed by atoms with van der Waals surface area (Å²) in [5.41, 5.74) is 0. The molecule has 5 N–H and O–H groups in total. The van der Waals surface area contributed by atoms with Gasteiger partial charge in [0.1, 0.15) is 12.1 Å². The molecule has 5 rings (SSSR count).